The van der Waals surface area contributed by atoms with E-state index in [0.29, 0.717) is 6.54 Å². The first-order valence-electron chi connectivity index (χ1n) is 7.61. The number of benzene rings is 1. The van der Waals surface area contributed by atoms with Crippen LogP contribution in [0.5, 0.6) is 0 Å². The molecular weight excluding hydrogens is 264 g/mol. The van der Waals surface area contributed by atoms with Crippen LogP contribution >= 0.6 is 0 Å². The number of hydrogen-bond donors (Lipinski definition) is 0. The SMILES string of the molecule is CC1C(C)N(c2ccccc2)CCN1C(=O)OC(C)(C)C. The predicted molar refractivity (Wildman–Crippen MR) is 85.7 cm³/mol. The fourth-order valence-corrected chi connectivity index (χ4v) is 2.71. The lowest BCUT2D eigenvalue weighted by Gasteiger charge is -2.46. The van der Waals surface area contributed by atoms with Crippen LogP contribution in [0, 0.1) is 0 Å². The molecule has 1 amide bonds. The summed E-state index contributed by atoms with van der Waals surface area (Å²) < 4.78 is 5.51. The van der Waals surface area contributed by atoms with E-state index in [1.165, 1.54) is 5.69 Å². The highest BCUT2D eigenvalue weighted by molar-refractivity contribution is 5.69. The molecule has 2 atom stereocenters. The minimum atomic E-state index is -0.448. The molecule has 21 heavy (non-hydrogen) atoms. The summed E-state index contributed by atoms with van der Waals surface area (Å²) in [5.41, 5.74) is 0.761. The number of nitrogens with zero attached hydrogens (tertiary/aromatic N) is 2. The highest BCUT2D eigenvalue weighted by Gasteiger charge is 2.35. The summed E-state index contributed by atoms with van der Waals surface area (Å²) in [5.74, 6) is 0. The first-order chi connectivity index (χ1) is 9.79. The number of anilines is 1. The molecule has 4 heteroatoms. The molecule has 1 fully saturated rings. The van der Waals surface area contributed by atoms with Gasteiger partial charge in [-0.15, -0.1) is 0 Å². The smallest absolute Gasteiger partial charge is 0.410 e. The lowest BCUT2D eigenvalue weighted by Crippen LogP contribution is -2.59. The van der Waals surface area contributed by atoms with E-state index in [0.717, 1.165) is 6.54 Å². The van der Waals surface area contributed by atoms with E-state index >= 15 is 0 Å². The van der Waals surface area contributed by atoms with Crippen molar-refractivity contribution in [2.75, 3.05) is 18.0 Å². The molecule has 0 aliphatic carbocycles. The van der Waals surface area contributed by atoms with Crippen molar-refractivity contribution in [3.05, 3.63) is 30.3 Å². The Hall–Kier alpha value is -1.71. The average Bonchev–Trinajstić information content (AvgIpc) is 2.40. The van der Waals surface area contributed by atoms with Gasteiger partial charge in [-0.3, -0.25) is 0 Å². The van der Waals surface area contributed by atoms with Crippen molar-refractivity contribution >= 4 is 11.8 Å². The summed E-state index contributed by atoms with van der Waals surface area (Å²) in [6.07, 6.45) is -0.213. The van der Waals surface area contributed by atoms with Gasteiger partial charge in [-0.05, 0) is 46.8 Å². The van der Waals surface area contributed by atoms with Crippen molar-refractivity contribution in [1.29, 1.82) is 0 Å². The molecule has 0 radical (unpaired) electrons. The van der Waals surface area contributed by atoms with Crippen LogP contribution in [-0.2, 0) is 4.74 Å². The van der Waals surface area contributed by atoms with Gasteiger partial charge in [0.05, 0.1) is 6.04 Å². The number of ether oxygens (including phenoxy) is 1. The molecule has 0 aromatic heterocycles. The fourth-order valence-electron chi connectivity index (χ4n) is 2.71. The van der Waals surface area contributed by atoms with Crippen LogP contribution in [0.25, 0.3) is 0 Å². The summed E-state index contributed by atoms with van der Waals surface area (Å²) in [4.78, 5) is 16.5. The van der Waals surface area contributed by atoms with Gasteiger partial charge in [-0.25, -0.2) is 4.79 Å². The van der Waals surface area contributed by atoms with Gasteiger partial charge >= 0.3 is 6.09 Å². The van der Waals surface area contributed by atoms with Gasteiger partial charge in [0.2, 0.25) is 0 Å². The summed E-state index contributed by atoms with van der Waals surface area (Å²) in [5, 5.41) is 0. The van der Waals surface area contributed by atoms with E-state index in [2.05, 4.69) is 30.9 Å². The third-order valence-corrected chi connectivity index (χ3v) is 3.98. The lowest BCUT2D eigenvalue weighted by molar-refractivity contribution is 0.0120. The molecule has 1 heterocycles. The van der Waals surface area contributed by atoms with E-state index in [9.17, 15) is 4.79 Å². The molecule has 1 aliphatic heterocycles. The van der Waals surface area contributed by atoms with Crippen molar-refractivity contribution in [2.45, 2.75) is 52.3 Å². The molecule has 4 nitrogen and oxygen atoms in total. The minimum absolute atomic E-state index is 0.119. The molecule has 1 aromatic carbocycles. The molecule has 0 N–H and O–H groups in total. The van der Waals surface area contributed by atoms with Crippen molar-refractivity contribution in [3.8, 4) is 0 Å². The average molecular weight is 290 g/mol. The number of carbonyl (C=O) groups excluding carboxylic acids is 1. The molecule has 2 rings (SSSR count). The zero-order chi connectivity index (χ0) is 15.6. The quantitative estimate of drug-likeness (QED) is 0.793. The Labute approximate surface area is 127 Å². The number of hydrogen-bond acceptors (Lipinski definition) is 3. The van der Waals surface area contributed by atoms with Gasteiger partial charge in [0, 0.05) is 24.8 Å². The number of rotatable bonds is 1. The van der Waals surface area contributed by atoms with Crippen LogP contribution in [0.4, 0.5) is 10.5 Å². The normalized spacial score (nSPS) is 23.1. The Morgan fingerprint density at radius 3 is 2.29 bits per heavy atom. The van der Waals surface area contributed by atoms with Crippen LogP contribution in [0.2, 0.25) is 0 Å². The lowest BCUT2D eigenvalue weighted by atomic mass is 10.0. The maximum atomic E-state index is 12.3. The fraction of sp³-hybridized carbons (Fsp3) is 0.588. The van der Waals surface area contributed by atoms with E-state index in [1.807, 2.05) is 43.9 Å². The standard InChI is InChI=1S/C17H26N2O2/c1-13-14(2)19(16(20)21-17(3,4)5)12-11-18(13)15-9-7-6-8-10-15/h6-10,13-14H,11-12H2,1-5H3. The van der Waals surface area contributed by atoms with E-state index in [-0.39, 0.29) is 18.2 Å². The third kappa shape index (κ3) is 3.69. The first-order valence-corrected chi connectivity index (χ1v) is 7.61. The van der Waals surface area contributed by atoms with Crippen molar-refractivity contribution in [2.24, 2.45) is 0 Å². The molecule has 2 unspecified atom stereocenters. The van der Waals surface area contributed by atoms with Crippen LogP contribution in [0.15, 0.2) is 30.3 Å². The van der Waals surface area contributed by atoms with Gasteiger partial charge in [-0.1, -0.05) is 18.2 Å². The topological polar surface area (TPSA) is 32.8 Å². The van der Waals surface area contributed by atoms with Crippen molar-refractivity contribution < 1.29 is 9.53 Å². The molecular formula is C17H26N2O2. The third-order valence-electron chi connectivity index (χ3n) is 3.98. The maximum absolute atomic E-state index is 12.3. The second kappa shape index (κ2) is 5.96. The number of para-hydroxylation sites is 1. The highest BCUT2D eigenvalue weighted by atomic mass is 16.6. The molecule has 0 saturated carbocycles. The van der Waals surface area contributed by atoms with Crippen LogP contribution in [0.1, 0.15) is 34.6 Å². The van der Waals surface area contributed by atoms with Crippen LogP contribution < -0.4 is 4.90 Å². The van der Waals surface area contributed by atoms with Crippen molar-refractivity contribution in [1.82, 2.24) is 4.90 Å². The number of amides is 1. The zero-order valence-corrected chi connectivity index (χ0v) is 13.7. The molecule has 0 spiro atoms. The second-order valence-electron chi connectivity index (χ2n) is 6.68. The molecule has 1 saturated heterocycles. The van der Waals surface area contributed by atoms with Crippen molar-refractivity contribution in [3.63, 3.8) is 0 Å². The number of carbonyl (C=O) groups is 1. The van der Waals surface area contributed by atoms with Gasteiger partial charge in [0.15, 0.2) is 0 Å². The monoisotopic (exact) mass is 290 g/mol. The van der Waals surface area contributed by atoms with Gasteiger partial charge in [-0.2, -0.15) is 0 Å². The largest absolute Gasteiger partial charge is 0.444 e. The first kappa shape index (κ1) is 15.7. The Bertz CT molecular complexity index is 481. The number of piperazine rings is 1. The summed E-state index contributed by atoms with van der Waals surface area (Å²) >= 11 is 0. The van der Waals surface area contributed by atoms with Gasteiger partial charge < -0.3 is 14.5 Å². The Morgan fingerprint density at radius 2 is 1.71 bits per heavy atom. The van der Waals surface area contributed by atoms with E-state index in [4.69, 9.17) is 4.74 Å². The highest BCUT2D eigenvalue weighted by Crippen LogP contribution is 2.25. The molecule has 116 valence electrons. The minimum Gasteiger partial charge on any atom is -0.444 e. The maximum Gasteiger partial charge on any atom is 0.410 e. The zero-order valence-electron chi connectivity index (χ0n) is 13.7. The summed E-state index contributed by atoms with van der Waals surface area (Å²) in [6, 6.07) is 10.7. The van der Waals surface area contributed by atoms with E-state index in [1.54, 1.807) is 0 Å². The molecule has 1 aliphatic rings. The Kier molecular flexibility index (Phi) is 4.45. The molecule has 1 aromatic rings. The second-order valence-corrected chi connectivity index (χ2v) is 6.68. The van der Waals surface area contributed by atoms with Crippen LogP contribution in [-0.4, -0.2) is 41.8 Å². The van der Waals surface area contributed by atoms with E-state index < -0.39 is 5.60 Å². The van der Waals surface area contributed by atoms with Gasteiger partial charge in [0.1, 0.15) is 5.60 Å². The Balaban J connectivity index is 2.08. The summed E-state index contributed by atoms with van der Waals surface area (Å²) in [6.45, 7) is 11.5. The Morgan fingerprint density at radius 1 is 1.10 bits per heavy atom. The van der Waals surface area contributed by atoms with Gasteiger partial charge in [0.25, 0.3) is 0 Å². The van der Waals surface area contributed by atoms with Crippen LogP contribution in [0.3, 0.4) is 0 Å². The predicted octanol–water partition coefficient (Wildman–Crippen LogP) is 3.52. The molecule has 0 bridgehead atoms. The summed E-state index contributed by atoms with van der Waals surface area (Å²) in [7, 11) is 0.